The number of ketones is 1. The van der Waals surface area contributed by atoms with Gasteiger partial charge in [-0.3, -0.25) is 19.8 Å². The molecule has 0 radical (unpaired) electrons. The summed E-state index contributed by atoms with van der Waals surface area (Å²) in [6, 6.07) is 3.06. The van der Waals surface area contributed by atoms with Gasteiger partial charge in [-0.25, -0.2) is 15.0 Å². The summed E-state index contributed by atoms with van der Waals surface area (Å²) in [5, 5.41) is 8.36. The van der Waals surface area contributed by atoms with Gasteiger partial charge in [0.05, 0.1) is 35.6 Å². The fourth-order valence-corrected chi connectivity index (χ4v) is 3.10. The second kappa shape index (κ2) is 23.9. The average Bonchev–Trinajstić information content (AvgIpc) is 2.88. The predicted molar refractivity (Wildman–Crippen MR) is 157 cm³/mol. The SMILES string of the molecule is CCOC(=O)CC(=O)CCl.CSC(=N)N.CSc1nc(CCl)cc(=O)[nH]1.CSc1nc(Cl)cc(CCl)n1. The Morgan fingerprint density at radius 2 is 1.62 bits per heavy atom. The molecule has 2 rings (SSSR count). The van der Waals surface area contributed by atoms with Crippen LogP contribution < -0.4 is 11.3 Å². The number of nitrogens with zero attached hydrogens (tertiary/aromatic N) is 3. The van der Waals surface area contributed by atoms with Crippen molar-refractivity contribution in [1.29, 1.82) is 5.41 Å². The number of carbonyl (C=O) groups is 2. The summed E-state index contributed by atoms with van der Waals surface area (Å²) in [6.07, 6.45) is 5.29. The van der Waals surface area contributed by atoms with Crippen LogP contribution in [0.2, 0.25) is 5.15 Å². The van der Waals surface area contributed by atoms with E-state index in [2.05, 4.69) is 24.7 Å². The monoisotopic (exact) mass is 652 g/mol. The summed E-state index contributed by atoms with van der Waals surface area (Å²) in [4.78, 5) is 46.5. The van der Waals surface area contributed by atoms with E-state index >= 15 is 0 Å². The molecule has 0 aliphatic carbocycles. The lowest BCUT2D eigenvalue weighted by Crippen LogP contribution is -2.11. The van der Waals surface area contributed by atoms with Gasteiger partial charge < -0.3 is 15.5 Å². The number of nitrogens with two attached hydrogens (primary N) is 1. The molecule has 2 aromatic heterocycles. The second-order valence-corrected chi connectivity index (χ2v) is 9.51. The number of hydrogen-bond acceptors (Lipinski definition) is 11. The Labute approximate surface area is 248 Å². The maximum atomic E-state index is 10.9. The van der Waals surface area contributed by atoms with Gasteiger partial charge in [0, 0.05) is 6.07 Å². The highest BCUT2D eigenvalue weighted by molar-refractivity contribution is 8.13. The molecule has 10 nitrogen and oxygen atoms in total. The van der Waals surface area contributed by atoms with Crippen LogP contribution in [0.5, 0.6) is 0 Å². The van der Waals surface area contributed by atoms with Crippen LogP contribution in [-0.4, -0.2) is 68.1 Å². The third-order valence-corrected chi connectivity index (χ3v) is 5.77. The first-order valence-corrected chi connectivity index (χ1v) is 15.6. The number of rotatable bonds is 8. The summed E-state index contributed by atoms with van der Waals surface area (Å²) in [7, 11) is 0. The molecular weight excluding hydrogens is 626 g/mol. The van der Waals surface area contributed by atoms with Crippen molar-refractivity contribution in [2.45, 2.75) is 35.4 Å². The summed E-state index contributed by atoms with van der Waals surface area (Å²) < 4.78 is 4.50. The van der Waals surface area contributed by atoms with Gasteiger partial charge in [0.15, 0.2) is 21.3 Å². The largest absolute Gasteiger partial charge is 0.466 e. The van der Waals surface area contributed by atoms with Crippen LogP contribution in [0.15, 0.2) is 27.2 Å². The van der Waals surface area contributed by atoms with E-state index in [1.54, 1.807) is 19.2 Å². The number of aromatic amines is 1. The molecular formula is C20H28Cl4N6O4S3. The predicted octanol–water partition coefficient (Wildman–Crippen LogP) is 4.81. The van der Waals surface area contributed by atoms with Gasteiger partial charge in [0.25, 0.3) is 5.56 Å². The number of amidine groups is 1. The number of ether oxygens (including phenoxy) is 1. The zero-order chi connectivity index (χ0) is 28.8. The molecule has 17 heteroatoms. The lowest BCUT2D eigenvalue weighted by atomic mass is 10.3. The van der Waals surface area contributed by atoms with E-state index in [1.807, 2.05) is 12.5 Å². The number of aromatic nitrogens is 4. The highest BCUT2D eigenvalue weighted by Gasteiger charge is 2.07. The van der Waals surface area contributed by atoms with E-state index < -0.39 is 5.97 Å². The Morgan fingerprint density at radius 1 is 1.05 bits per heavy atom. The summed E-state index contributed by atoms with van der Waals surface area (Å²) in [5.41, 5.74) is 6.06. The number of carbonyl (C=O) groups excluding carboxylic acids is 2. The average molecular weight is 654 g/mol. The maximum absolute atomic E-state index is 10.9. The van der Waals surface area contributed by atoms with Crippen molar-refractivity contribution in [2.75, 3.05) is 31.3 Å². The molecule has 0 aliphatic heterocycles. The number of Topliss-reactive ketones (excluding diaryl/α,β-unsaturated/α-hetero) is 1. The number of esters is 1. The highest BCUT2D eigenvalue weighted by atomic mass is 35.5. The molecule has 0 bridgehead atoms. The zero-order valence-corrected chi connectivity index (χ0v) is 26.0. The van der Waals surface area contributed by atoms with Crippen LogP contribution in [0.25, 0.3) is 0 Å². The van der Waals surface area contributed by atoms with Gasteiger partial charge in [-0.2, -0.15) is 0 Å². The lowest BCUT2D eigenvalue weighted by molar-refractivity contribution is -0.145. The Morgan fingerprint density at radius 3 is 2.05 bits per heavy atom. The quantitative estimate of drug-likeness (QED) is 0.0523. The molecule has 0 aromatic carbocycles. The molecule has 2 aromatic rings. The Bertz CT molecular complexity index is 986. The Balaban J connectivity index is 0. The molecule has 0 aliphatic rings. The van der Waals surface area contributed by atoms with Gasteiger partial charge in [-0.15, -0.1) is 34.8 Å². The van der Waals surface area contributed by atoms with Crippen molar-refractivity contribution < 1.29 is 14.3 Å². The van der Waals surface area contributed by atoms with Crippen molar-refractivity contribution in [1.82, 2.24) is 19.9 Å². The molecule has 37 heavy (non-hydrogen) atoms. The molecule has 0 saturated carbocycles. The summed E-state index contributed by atoms with van der Waals surface area (Å²) in [6.45, 7) is 1.98. The normalized spacial score (nSPS) is 9.41. The minimum absolute atomic E-state index is 0.126. The van der Waals surface area contributed by atoms with E-state index in [1.165, 1.54) is 41.4 Å². The standard InChI is InChI=1S/C6H6Cl2N2S.C6H7ClN2OS.C6H9ClO3.C2H6N2S/c1-11-6-9-4(3-7)2-5(8)10-6;1-11-6-8-4(3-7)2-5(10)9-6;1-2-10-6(9)3-5(8)4-7;1-5-2(3)4/h2H,3H2,1H3;2H,3H2,1H3,(H,8,9,10);2-4H2,1H3;1H3,(H3,3,4). The smallest absolute Gasteiger partial charge is 0.313 e. The number of halogens is 4. The first-order chi connectivity index (χ1) is 17.5. The van der Waals surface area contributed by atoms with Crippen LogP contribution in [0, 0.1) is 5.41 Å². The molecule has 0 spiro atoms. The van der Waals surface area contributed by atoms with Gasteiger partial charge in [0.1, 0.15) is 11.6 Å². The number of hydrogen-bond donors (Lipinski definition) is 3. The third-order valence-electron chi connectivity index (χ3n) is 3.17. The van der Waals surface area contributed by atoms with Crippen LogP contribution in [0.3, 0.4) is 0 Å². The van der Waals surface area contributed by atoms with E-state index in [4.69, 9.17) is 57.5 Å². The van der Waals surface area contributed by atoms with Crippen LogP contribution in [0.1, 0.15) is 24.7 Å². The summed E-state index contributed by atoms with van der Waals surface area (Å²) >= 11 is 26.0. The van der Waals surface area contributed by atoms with E-state index in [9.17, 15) is 14.4 Å². The minimum atomic E-state index is -0.506. The van der Waals surface area contributed by atoms with E-state index in [0.717, 1.165) is 5.69 Å². The van der Waals surface area contributed by atoms with Crippen molar-refractivity contribution in [3.05, 3.63) is 39.0 Å². The molecule has 0 amide bonds. The van der Waals surface area contributed by atoms with E-state index in [-0.39, 0.29) is 34.7 Å². The van der Waals surface area contributed by atoms with Crippen LogP contribution in [0.4, 0.5) is 0 Å². The third kappa shape index (κ3) is 21.4. The van der Waals surface area contributed by atoms with Crippen molar-refractivity contribution in [2.24, 2.45) is 5.73 Å². The van der Waals surface area contributed by atoms with Gasteiger partial charge in [-0.1, -0.05) is 46.9 Å². The molecule has 0 atom stereocenters. The molecule has 208 valence electrons. The molecule has 0 saturated heterocycles. The highest BCUT2D eigenvalue weighted by Crippen LogP contribution is 2.15. The Hall–Kier alpha value is -1.22. The first-order valence-electron chi connectivity index (χ1n) is 9.94. The van der Waals surface area contributed by atoms with Gasteiger partial charge >= 0.3 is 5.97 Å². The molecule has 0 fully saturated rings. The maximum Gasteiger partial charge on any atom is 0.313 e. The number of alkyl halides is 3. The second-order valence-electron chi connectivity index (χ2n) is 5.90. The number of nitrogens with one attached hydrogen (secondary N) is 2. The lowest BCUT2D eigenvalue weighted by Gasteiger charge is -1.98. The number of thioether (sulfide) groups is 3. The van der Waals surface area contributed by atoms with Crippen molar-refractivity contribution >= 4 is 98.6 Å². The first kappa shape index (κ1) is 37.9. The van der Waals surface area contributed by atoms with Crippen LogP contribution >= 0.6 is 81.7 Å². The fraction of sp³-hybridized carbons (Fsp3) is 0.450. The fourth-order valence-electron chi connectivity index (χ4n) is 1.67. The Kier molecular flexibility index (Phi) is 24.5. The van der Waals surface area contributed by atoms with Crippen LogP contribution in [-0.2, 0) is 26.1 Å². The molecule has 4 N–H and O–H groups in total. The summed E-state index contributed by atoms with van der Waals surface area (Å²) in [5.74, 6) is -0.292. The molecule has 0 unspecified atom stereocenters. The van der Waals surface area contributed by atoms with Gasteiger partial charge in [0.2, 0.25) is 0 Å². The van der Waals surface area contributed by atoms with Gasteiger partial charge in [-0.05, 0) is 31.8 Å². The van der Waals surface area contributed by atoms with E-state index in [0.29, 0.717) is 33.6 Å². The molecule has 2 heterocycles. The zero-order valence-electron chi connectivity index (χ0n) is 20.5. The topological polar surface area (TPSA) is 165 Å². The number of H-pyrrole nitrogens is 1. The minimum Gasteiger partial charge on any atom is -0.466 e. The van der Waals surface area contributed by atoms with Crippen molar-refractivity contribution in [3.8, 4) is 0 Å². The van der Waals surface area contributed by atoms with Crippen molar-refractivity contribution in [3.63, 3.8) is 0 Å².